The van der Waals surface area contributed by atoms with Crippen molar-refractivity contribution in [2.75, 3.05) is 5.75 Å². The number of halogens is 4. The summed E-state index contributed by atoms with van der Waals surface area (Å²) in [5.74, 6) is -2.62. The number of H-pyrrole nitrogens is 1. The number of nitrogens with one attached hydrogen (secondary N) is 1. The van der Waals surface area contributed by atoms with E-state index in [0.29, 0.717) is 10.1 Å². The fourth-order valence-electron chi connectivity index (χ4n) is 3.51. The molecule has 182 valence electrons. The molecule has 0 bridgehead atoms. The fourth-order valence-corrected chi connectivity index (χ4v) is 7.03. The molecule has 4 aromatic rings. The summed E-state index contributed by atoms with van der Waals surface area (Å²) in [6.45, 7) is 1.79. The smallest absolute Gasteiger partial charge is 0.306 e. The van der Waals surface area contributed by atoms with Crippen molar-refractivity contribution < 1.29 is 17.6 Å². The van der Waals surface area contributed by atoms with Crippen LogP contribution < -0.4 is 11.2 Å². The predicted molar refractivity (Wildman–Crippen MR) is 135 cm³/mol. The first-order chi connectivity index (χ1) is 16.4. The van der Waals surface area contributed by atoms with Crippen molar-refractivity contribution in [1.29, 1.82) is 0 Å². The zero-order chi connectivity index (χ0) is 25.7. The van der Waals surface area contributed by atoms with Crippen LogP contribution in [0.15, 0.2) is 50.2 Å². The van der Waals surface area contributed by atoms with Gasteiger partial charge in [0.1, 0.15) is 25.8 Å². The summed E-state index contributed by atoms with van der Waals surface area (Å²) < 4.78 is 40.5. The van der Waals surface area contributed by atoms with E-state index in [2.05, 4.69) is 4.98 Å². The Labute approximate surface area is 216 Å². The molecule has 0 amide bonds. The normalized spacial score (nSPS) is 11.8. The monoisotopic (exact) mass is 574 g/mol. The molecule has 0 aliphatic carbocycles. The Balaban J connectivity index is 1.66. The number of nitrogens with zero attached hydrogens (tertiary/aromatic N) is 1. The molecule has 0 fully saturated rings. The molecule has 0 aliphatic rings. The lowest BCUT2D eigenvalue weighted by atomic mass is 10.1. The quantitative estimate of drug-likeness (QED) is 0.358. The number of hydrogen-bond acceptors (Lipinski definition) is 6. The van der Waals surface area contributed by atoms with Gasteiger partial charge in [-0.1, -0.05) is 40.9 Å². The maximum atomic E-state index is 15.1. The molecular weight excluding hydrogens is 562 g/mol. The summed E-state index contributed by atoms with van der Waals surface area (Å²) >= 11 is 18.5. The van der Waals surface area contributed by atoms with Crippen LogP contribution in [0.4, 0.5) is 4.39 Å². The number of aromatic amines is 1. The Kier molecular flexibility index (Phi) is 6.96. The summed E-state index contributed by atoms with van der Waals surface area (Å²) in [4.78, 5) is 40.5. The predicted octanol–water partition coefficient (Wildman–Crippen LogP) is 4.73. The van der Waals surface area contributed by atoms with E-state index < -0.39 is 50.5 Å². The van der Waals surface area contributed by atoms with E-state index in [1.807, 2.05) is 0 Å². The zero-order valence-electron chi connectivity index (χ0n) is 17.7. The number of carbonyl (C=O) groups is 1. The Morgan fingerprint density at radius 1 is 1.09 bits per heavy atom. The number of aromatic nitrogens is 2. The summed E-state index contributed by atoms with van der Waals surface area (Å²) in [5.41, 5.74) is -0.961. The third kappa shape index (κ3) is 5.07. The van der Waals surface area contributed by atoms with Crippen molar-refractivity contribution >= 4 is 72.7 Å². The molecule has 1 N–H and O–H groups in total. The molecule has 2 heterocycles. The van der Waals surface area contributed by atoms with Gasteiger partial charge < -0.3 is 4.98 Å². The summed E-state index contributed by atoms with van der Waals surface area (Å²) in [5, 5.41) is -0.0864. The van der Waals surface area contributed by atoms with Crippen LogP contribution in [0.5, 0.6) is 0 Å². The molecule has 13 heteroatoms. The minimum Gasteiger partial charge on any atom is -0.306 e. The Morgan fingerprint density at radius 3 is 2.43 bits per heavy atom. The van der Waals surface area contributed by atoms with Gasteiger partial charge in [0.2, 0.25) is 0 Å². The minimum atomic E-state index is -4.01. The second-order valence-corrected chi connectivity index (χ2v) is 12.4. The van der Waals surface area contributed by atoms with Crippen LogP contribution in [0.1, 0.15) is 11.1 Å². The number of carbonyl (C=O) groups excluding carboxylic acids is 1. The average molecular weight is 576 g/mol. The molecular formula is C22H14Cl3FN2O5S2. The van der Waals surface area contributed by atoms with E-state index in [1.165, 1.54) is 12.1 Å². The molecule has 0 aliphatic heterocycles. The summed E-state index contributed by atoms with van der Waals surface area (Å²) in [6, 6.07) is 8.08. The van der Waals surface area contributed by atoms with Gasteiger partial charge >= 0.3 is 5.69 Å². The molecule has 0 saturated heterocycles. The highest BCUT2D eigenvalue weighted by Gasteiger charge is 2.24. The van der Waals surface area contributed by atoms with Gasteiger partial charge in [-0.3, -0.25) is 9.59 Å². The lowest BCUT2D eigenvalue weighted by Gasteiger charge is -2.12. The van der Waals surface area contributed by atoms with Crippen molar-refractivity contribution in [3.05, 3.63) is 88.6 Å². The number of benzene rings is 2. The van der Waals surface area contributed by atoms with Crippen LogP contribution in [-0.2, 0) is 21.1 Å². The maximum Gasteiger partial charge on any atom is 0.333 e. The summed E-state index contributed by atoms with van der Waals surface area (Å²) in [6.07, 6.45) is -0.453. The first-order valence-corrected chi connectivity index (χ1v) is 13.4. The molecule has 2 aromatic carbocycles. The number of fused-ring (bicyclic) bond motifs is 1. The topological polar surface area (TPSA) is 106 Å². The van der Waals surface area contributed by atoms with Gasteiger partial charge in [-0.2, -0.15) is 0 Å². The second-order valence-electron chi connectivity index (χ2n) is 7.69. The van der Waals surface area contributed by atoms with Crippen LogP contribution in [0.25, 0.3) is 16.6 Å². The standard InChI is InChI=1S/C22H14Cl3FN2O5S2/c1-10-2-3-13-17(4-10)27-22(31)28(21(13)30)19-14(23)6-11(7-16(19)26)5-12(29)9-35(32,33)18-8-15(24)20(25)34-18/h2-4,6-8H,5,9H2,1H3,(H,27,31). The largest absolute Gasteiger partial charge is 0.333 e. The Morgan fingerprint density at radius 2 is 1.80 bits per heavy atom. The van der Waals surface area contributed by atoms with Crippen LogP contribution in [-0.4, -0.2) is 29.5 Å². The third-order valence-corrected chi connectivity index (χ3v) is 9.43. The molecule has 2 aromatic heterocycles. The lowest BCUT2D eigenvalue weighted by molar-refractivity contribution is -0.116. The average Bonchev–Trinajstić information content (AvgIpc) is 3.08. The summed E-state index contributed by atoms with van der Waals surface area (Å²) in [7, 11) is -4.01. The van der Waals surface area contributed by atoms with E-state index in [0.717, 1.165) is 29.0 Å². The van der Waals surface area contributed by atoms with Crippen molar-refractivity contribution in [2.45, 2.75) is 17.6 Å². The van der Waals surface area contributed by atoms with Gasteiger partial charge in [-0.05, 0) is 48.4 Å². The van der Waals surface area contributed by atoms with Crippen molar-refractivity contribution in [3.8, 4) is 5.69 Å². The van der Waals surface area contributed by atoms with E-state index in [4.69, 9.17) is 34.8 Å². The number of sulfone groups is 1. The second kappa shape index (κ2) is 9.51. The molecule has 0 atom stereocenters. The van der Waals surface area contributed by atoms with Gasteiger partial charge in [0.05, 0.1) is 20.9 Å². The number of hydrogen-bond donors (Lipinski definition) is 1. The van der Waals surface area contributed by atoms with Crippen molar-refractivity contribution in [1.82, 2.24) is 9.55 Å². The highest BCUT2D eigenvalue weighted by molar-refractivity contribution is 7.94. The van der Waals surface area contributed by atoms with E-state index in [1.54, 1.807) is 19.1 Å². The Hall–Kier alpha value is -2.50. The molecule has 0 spiro atoms. The molecule has 35 heavy (non-hydrogen) atoms. The first-order valence-electron chi connectivity index (χ1n) is 9.80. The highest BCUT2D eigenvalue weighted by Crippen LogP contribution is 2.35. The van der Waals surface area contributed by atoms with Crippen LogP contribution in [0, 0.1) is 12.7 Å². The van der Waals surface area contributed by atoms with Gasteiger partial charge in [-0.15, -0.1) is 11.3 Å². The molecule has 0 unspecified atom stereocenters. The molecule has 7 nitrogen and oxygen atoms in total. The van der Waals surface area contributed by atoms with Crippen molar-refractivity contribution in [3.63, 3.8) is 0 Å². The zero-order valence-corrected chi connectivity index (χ0v) is 21.6. The van der Waals surface area contributed by atoms with E-state index in [-0.39, 0.29) is 29.5 Å². The third-order valence-electron chi connectivity index (χ3n) is 5.03. The van der Waals surface area contributed by atoms with E-state index in [9.17, 15) is 22.8 Å². The lowest BCUT2D eigenvalue weighted by Crippen LogP contribution is -2.34. The molecule has 0 saturated carbocycles. The van der Waals surface area contributed by atoms with Crippen LogP contribution >= 0.6 is 46.1 Å². The van der Waals surface area contributed by atoms with Gasteiger partial charge in [0.15, 0.2) is 15.6 Å². The van der Waals surface area contributed by atoms with Gasteiger partial charge in [0.25, 0.3) is 5.56 Å². The highest BCUT2D eigenvalue weighted by atomic mass is 35.5. The van der Waals surface area contributed by atoms with Crippen molar-refractivity contribution in [2.24, 2.45) is 0 Å². The Bertz CT molecular complexity index is 1700. The fraction of sp³-hybridized carbons (Fsp3) is 0.136. The minimum absolute atomic E-state index is 0.0567. The molecule has 4 rings (SSSR count). The van der Waals surface area contributed by atoms with Crippen LogP contribution in [0.2, 0.25) is 14.4 Å². The van der Waals surface area contributed by atoms with E-state index >= 15 is 4.39 Å². The number of thiophene rings is 1. The number of Topliss-reactive ketones (excluding diaryl/α,β-unsaturated/α-hetero) is 1. The SMILES string of the molecule is Cc1ccc2c(=O)n(-c3c(F)cc(CC(=O)CS(=O)(=O)c4cc(Cl)c(Cl)s4)cc3Cl)c(=O)[nH]c2c1. The number of ketones is 1. The van der Waals surface area contributed by atoms with Crippen LogP contribution in [0.3, 0.4) is 0 Å². The van der Waals surface area contributed by atoms with Gasteiger partial charge in [0, 0.05) is 6.42 Å². The maximum absolute atomic E-state index is 15.1. The molecule has 0 radical (unpaired) electrons. The van der Waals surface area contributed by atoms with Gasteiger partial charge in [-0.25, -0.2) is 22.2 Å². The number of aryl methyl sites for hydroxylation is 1. The first kappa shape index (κ1) is 25.6. The number of rotatable bonds is 6.